The van der Waals surface area contributed by atoms with Gasteiger partial charge in [-0.05, 0) is 60.8 Å². The number of carboxylic acid groups (broad SMARTS) is 1. The van der Waals surface area contributed by atoms with Crippen LogP contribution in [0.3, 0.4) is 0 Å². The van der Waals surface area contributed by atoms with Crippen LogP contribution < -0.4 is 0 Å². The first-order valence-corrected chi connectivity index (χ1v) is 11.7. The number of carbonyl (C=O) groups is 2. The number of ketones is 1. The smallest absolute Gasteiger partial charge is 0.310 e. The number of aliphatic carboxylic acids is 1. The Labute approximate surface area is 171 Å². The van der Waals surface area contributed by atoms with Gasteiger partial charge in [-0.1, -0.05) is 71.8 Å². The van der Waals surface area contributed by atoms with Gasteiger partial charge in [0.1, 0.15) is 0 Å². The highest BCUT2D eigenvalue weighted by Gasteiger charge is 2.53. The number of hydrogen-bond donors (Lipinski definition) is 1. The monoisotopic (exact) mass is 388 g/mol. The Hall–Kier alpha value is -1.12. The van der Waals surface area contributed by atoms with Crippen LogP contribution in [-0.4, -0.2) is 16.9 Å². The van der Waals surface area contributed by atoms with Crippen molar-refractivity contribution >= 4 is 11.8 Å². The molecule has 0 aromatic heterocycles. The molecule has 3 heteroatoms. The summed E-state index contributed by atoms with van der Waals surface area (Å²) in [5, 5.41) is 9.04. The van der Waals surface area contributed by atoms with Gasteiger partial charge in [-0.25, -0.2) is 0 Å². The highest BCUT2D eigenvalue weighted by Crippen LogP contribution is 2.57. The topological polar surface area (TPSA) is 54.4 Å². The van der Waals surface area contributed by atoms with Crippen molar-refractivity contribution in [2.24, 2.45) is 28.6 Å². The van der Waals surface area contributed by atoms with Crippen LogP contribution in [0, 0.1) is 28.6 Å². The third kappa shape index (κ3) is 5.27. The molecule has 158 valence electrons. The minimum absolute atomic E-state index is 0.165. The highest BCUT2D eigenvalue weighted by molar-refractivity contribution is 6.02. The predicted molar refractivity (Wildman–Crippen MR) is 113 cm³/mol. The third-order valence-corrected chi connectivity index (χ3v) is 7.95. The van der Waals surface area contributed by atoms with E-state index in [-0.39, 0.29) is 17.1 Å². The molecule has 0 amide bonds. The van der Waals surface area contributed by atoms with Crippen molar-refractivity contribution in [1.82, 2.24) is 0 Å². The van der Waals surface area contributed by atoms with Crippen LogP contribution in [0.1, 0.15) is 104 Å². The second-order valence-corrected chi connectivity index (χ2v) is 10.9. The normalized spacial score (nSPS) is 36.7. The van der Waals surface area contributed by atoms with Crippen molar-refractivity contribution in [2.75, 3.05) is 0 Å². The summed E-state index contributed by atoms with van der Waals surface area (Å²) < 4.78 is 0. The van der Waals surface area contributed by atoms with Gasteiger partial charge in [0.05, 0.1) is 5.92 Å². The molecule has 0 bridgehead atoms. The molecule has 0 aromatic carbocycles. The molecule has 2 fully saturated rings. The van der Waals surface area contributed by atoms with Gasteiger partial charge >= 0.3 is 5.97 Å². The van der Waals surface area contributed by atoms with E-state index in [2.05, 4.69) is 20.8 Å². The molecular weight excluding hydrogens is 348 g/mol. The summed E-state index contributed by atoms with van der Waals surface area (Å²) in [5.41, 5.74) is 1.55. The number of rotatable bonds is 4. The van der Waals surface area contributed by atoms with Crippen molar-refractivity contribution < 1.29 is 14.7 Å². The summed E-state index contributed by atoms with van der Waals surface area (Å²) in [7, 11) is 0. The zero-order chi connectivity index (χ0) is 20.4. The Morgan fingerprint density at radius 3 is 2.00 bits per heavy atom. The van der Waals surface area contributed by atoms with E-state index in [9.17, 15) is 9.59 Å². The van der Waals surface area contributed by atoms with Crippen LogP contribution in [-0.2, 0) is 9.59 Å². The maximum Gasteiger partial charge on any atom is 0.310 e. The lowest BCUT2D eigenvalue weighted by molar-refractivity contribution is -0.140. The van der Waals surface area contributed by atoms with Crippen LogP contribution in [0.4, 0.5) is 0 Å². The number of allylic oxidation sites excluding steroid dienone is 1. The minimum atomic E-state index is -0.797. The van der Waals surface area contributed by atoms with Crippen LogP contribution in [0.2, 0.25) is 0 Å². The van der Waals surface area contributed by atoms with E-state index in [0.717, 1.165) is 12.0 Å². The van der Waals surface area contributed by atoms with Gasteiger partial charge in [-0.2, -0.15) is 0 Å². The van der Waals surface area contributed by atoms with Crippen molar-refractivity contribution in [3.63, 3.8) is 0 Å². The first-order chi connectivity index (χ1) is 13.2. The van der Waals surface area contributed by atoms with Crippen molar-refractivity contribution in [3.8, 4) is 0 Å². The summed E-state index contributed by atoms with van der Waals surface area (Å²) in [6, 6.07) is 0. The molecule has 0 heterocycles. The maximum atomic E-state index is 12.8. The Kier molecular flexibility index (Phi) is 6.72. The van der Waals surface area contributed by atoms with Crippen LogP contribution in [0.5, 0.6) is 0 Å². The van der Waals surface area contributed by atoms with Gasteiger partial charge < -0.3 is 5.11 Å². The van der Waals surface area contributed by atoms with Gasteiger partial charge in [0.25, 0.3) is 0 Å². The number of carbonyl (C=O) groups excluding carboxylic acids is 1. The quantitative estimate of drug-likeness (QED) is 0.593. The Balaban J connectivity index is 1.58. The highest BCUT2D eigenvalue weighted by atomic mass is 16.4. The van der Waals surface area contributed by atoms with E-state index in [4.69, 9.17) is 5.11 Å². The van der Waals surface area contributed by atoms with Gasteiger partial charge in [0, 0.05) is 5.92 Å². The fourth-order valence-electron chi connectivity index (χ4n) is 5.70. The summed E-state index contributed by atoms with van der Waals surface area (Å²) in [4.78, 5) is 23.8. The average molecular weight is 389 g/mol. The third-order valence-electron chi connectivity index (χ3n) is 7.95. The molecule has 4 atom stereocenters. The Morgan fingerprint density at radius 2 is 1.39 bits per heavy atom. The molecule has 3 nitrogen and oxygen atoms in total. The average Bonchev–Trinajstić information content (AvgIpc) is 3.37. The molecule has 3 unspecified atom stereocenters. The molecule has 0 aromatic rings. The zero-order valence-electron chi connectivity index (χ0n) is 18.3. The molecule has 1 N–H and O–H groups in total. The number of carboxylic acids is 1. The Morgan fingerprint density at radius 1 is 0.893 bits per heavy atom. The first kappa shape index (κ1) is 21.6. The summed E-state index contributed by atoms with van der Waals surface area (Å²) >= 11 is 0. The fraction of sp³-hybridized carbons (Fsp3) is 0.840. The van der Waals surface area contributed by atoms with E-state index < -0.39 is 11.9 Å². The molecule has 2 saturated carbocycles. The lowest BCUT2D eigenvalue weighted by Crippen LogP contribution is -2.27. The number of Topliss-reactive ketones (excluding diaryl/α,β-unsaturated/α-hetero) is 1. The lowest BCUT2D eigenvalue weighted by Gasteiger charge is -2.32. The Bertz CT molecular complexity index is 617. The van der Waals surface area contributed by atoms with Crippen molar-refractivity contribution in [2.45, 2.75) is 104 Å². The summed E-state index contributed by atoms with van der Waals surface area (Å²) in [6.07, 6.45) is 17.6. The van der Waals surface area contributed by atoms with E-state index in [1.165, 1.54) is 70.6 Å². The van der Waals surface area contributed by atoms with Crippen LogP contribution in [0.25, 0.3) is 0 Å². The van der Waals surface area contributed by atoms with Gasteiger partial charge in [0.15, 0.2) is 5.78 Å². The largest absolute Gasteiger partial charge is 0.481 e. The predicted octanol–water partition coefficient (Wildman–Crippen LogP) is 6.56. The van der Waals surface area contributed by atoms with Crippen molar-refractivity contribution in [3.05, 3.63) is 11.6 Å². The maximum absolute atomic E-state index is 12.8. The van der Waals surface area contributed by atoms with Crippen LogP contribution >= 0.6 is 0 Å². The first-order valence-electron chi connectivity index (χ1n) is 11.7. The SMILES string of the molecule is CC1(C)CCCCCCC[C@](C)(C2CC2C(=O)C2=CC(C(=O)O)C2)CCCC1. The minimum Gasteiger partial charge on any atom is -0.481 e. The molecule has 28 heavy (non-hydrogen) atoms. The number of hydrogen-bond acceptors (Lipinski definition) is 2. The van der Waals surface area contributed by atoms with E-state index in [0.29, 0.717) is 17.8 Å². The molecule has 0 saturated heterocycles. The molecule has 3 aliphatic rings. The van der Waals surface area contributed by atoms with Crippen LogP contribution in [0.15, 0.2) is 11.6 Å². The van der Waals surface area contributed by atoms with Gasteiger partial charge in [-0.3, -0.25) is 9.59 Å². The van der Waals surface area contributed by atoms with E-state index in [1.807, 2.05) is 0 Å². The molecule has 0 aliphatic heterocycles. The van der Waals surface area contributed by atoms with E-state index in [1.54, 1.807) is 6.08 Å². The molecule has 0 radical (unpaired) electrons. The second kappa shape index (κ2) is 8.71. The molecular formula is C25H40O3. The summed E-state index contributed by atoms with van der Waals surface area (Å²) in [5.74, 6) is -0.289. The molecule has 0 spiro atoms. The van der Waals surface area contributed by atoms with Gasteiger partial charge in [0.2, 0.25) is 0 Å². The van der Waals surface area contributed by atoms with Crippen molar-refractivity contribution in [1.29, 1.82) is 0 Å². The van der Waals surface area contributed by atoms with E-state index >= 15 is 0 Å². The molecule has 3 aliphatic carbocycles. The lowest BCUT2D eigenvalue weighted by atomic mass is 9.73. The fourth-order valence-corrected chi connectivity index (χ4v) is 5.70. The second-order valence-electron chi connectivity index (χ2n) is 10.9. The molecule has 3 rings (SSSR count). The van der Waals surface area contributed by atoms with Gasteiger partial charge in [-0.15, -0.1) is 0 Å². The zero-order valence-corrected chi connectivity index (χ0v) is 18.3. The standard InChI is InChI=1S/C25H40O3/c1-24(2)11-7-5-4-6-8-13-25(3,14-10-9-12-24)21-17-20(21)22(26)18-15-19(16-18)23(27)28/h15,19-21H,4-14,16-17H2,1-3H3,(H,27,28)/t19?,20?,21?,25-/m0/s1. The summed E-state index contributed by atoms with van der Waals surface area (Å²) in [6.45, 7) is 7.29.